The summed E-state index contributed by atoms with van der Waals surface area (Å²) in [5.41, 5.74) is 8.65. The van der Waals surface area contributed by atoms with E-state index in [2.05, 4.69) is 10.6 Å². The molecule has 2 aromatic rings. The van der Waals surface area contributed by atoms with E-state index in [9.17, 15) is 9.59 Å². The zero-order valence-corrected chi connectivity index (χ0v) is 15.0. The fourth-order valence-corrected chi connectivity index (χ4v) is 2.86. The molecule has 1 heterocycles. The highest BCUT2D eigenvalue weighted by atomic mass is 35.5. The average Bonchev–Trinajstić information content (AvgIpc) is 2.94. The lowest BCUT2D eigenvalue weighted by molar-refractivity contribution is -0.126. The average molecular weight is 360 g/mol. The minimum Gasteiger partial charge on any atom is -0.348 e. The molecule has 1 aliphatic rings. The molecule has 0 aliphatic carbocycles. The van der Waals surface area contributed by atoms with Gasteiger partial charge in [-0.1, -0.05) is 42.5 Å². The Balaban J connectivity index is 0.00000225. The molecule has 1 aliphatic heterocycles. The third-order valence-corrected chi connectivity index (χ3v) is 4.45. The van der Waals surface area contributed by atoms with Crippen LogP contribution in [0, 0.1) is 0 Å². The van der Waals surface area contributed by atoms with E-state index < -0.39 is 5.54 Å². The number of benzene rings is 2. The summed E-state index contributed by atoms with van der Waals surface area (Å²) in [5.74, 6) is -0.242. The number of halogens is 1. The molecular weight excluding hydrogens is 338 g/mol. The van der Waals surface area contributed by atoms with Crippen molar-refractivity contribution in [3.05, 3.63) is 65.2 Å². The quantitative estimate of drug-likeness (QED) is 0.784. The maximum atomic E-state index is 12.6. The van der Waals surface area contributed by atoms with E-state index in [0.717, 1.165) is 22.4 Å². The number of nitrogens with two attached hydrogens (primary N) is 1. The van der Waals surface area contributed by atoms with E-state index in [1.54, 1.807) is 6.92 Å². The molecule has 0 saturated carbocycles. The lowest BCUT2D eigenvalue weighted by Gasteiger charge is -2.26. The van der Waals surface area contributed by atoms with E-state index in [-0.39, 0.29) is 30.3 Å². The van der Waals surface area contributed by atoms with Gasteiger partial charge >= 0.3 is 0 Å². The number of carbonyl (C=O) groups excluding carboxylic acids is 2. The van der Waals surface area contributed by atoms with E-state index in [1.165, 1.54) is 0 Å². The Hall–Kier alpha value is -2.37. The van der Waals surface area contributed by atoms with Crippen molar-refractivity contribution in [3.8, 4) is 0 Å². The Morgan fingerprint density at radius 3 is 2.60 bits per heavy atom. The topological polar surface area (TPSA) is 84.2 Å². The first kappa shape index (κ1) is 19.0. The van der Waals surface area contributed by atoms with Crippen molar-refractivity contribution in [1.29, 1.82) is 0 Å². The zero-order chi connectivity index (χ0) is 17.3. The van der Waals surface area contributed by atoms with Crippen molar-refractivity contribution in [1.82, 2.24) is 5.32 Å². The summed E-state index contributed by atoms with van der Waals surface area (Å²) in [7, 11) is 0. The minimum absolute atomic E-state index is 0. The van der Waals surface area contributed by atoms with Crippen LogP contribution in [0.3, 0.4) is 0 Å². The first-order valence-electron chi connectivity index (χ1n) is 7.96. The lowest BCUT2D eigenvalue weighted by Crippen LogP contribution is -2.49. The number of anilines is 1. The molecule has 0 bridgehead atoms. The molecule has 0 aromatic heterocycles. The minimum atomic E-state index is -1.11. The molecule has 2 unspecified atom stereocenters. The molecule has 2 atom stereocenters. The van der Waals surface area contributed by atoms with Crippen LogP contribution >= 0.6 is 12.4 Å². The number of rotatable bonds is 4. The maximum Gasteiger partial charge on any atom is 0.244 e. The molecule has 0 fully saturated rings. The zero-order valence-electron chi connectivity index (χ0n) is 14.2. The van der Waals surface area contributed by atoms with E-state index in [0.29, 0.717) is 6.42 Å². The summed E-state index contributed by atoms with van der Waals surface area (Å²) < 4.78 is 0. The van der Waals surface area contributed by atoms with Gasteiger partial charge in [-0.3, -0.25) is 9.59 Å². The van der Waals surface area contributed by atoms with E-state index >= 15 is 0 Å². The van der Waals surface area contributed by atoms with Crippen molar-refractivity contribution < 1.29 is 9.59 Å². The highest BCUT2D eigenvalue weighted by Gasteiger charge is 2.31. The summed E-state index contributed by atoms with van der Waals surface area (Å²) in [6.45, 7) is 3.61. The van der Waals surface area contributed by atoms with Crippen molar-refractivity contribution in [2.24, 2.45) is 5.73 Å². The standard InChI is InChI=1S/C19H21N3O2.ClH/c1-12(13-8-9-16-14(10-13)11-17(23)22-16)21-18(24)19(2,20)15-6-4-3-5-7-15;/h3-10,12H,11,20H2,1-2H3,(H,21,24)(H,22,23);1H. The molecule has 0 radical (unpaired) electrons. The summed E-state index contributed by atoms with van der Waals surface area (Å²) in [5, 5.41) is 5.77. The molecule has 2 amide bonds. The molecule has 5 nitrogen and oxygen atoms in total. The number of amides is 2. The third-order valence-electron chi connectivity index (χ3n) is 4.45. The largest absolute Gasteiger partial charge is 0.348 e. The van der Waals surface area contributed by atoms with Gasteiger partial charge in [0.25, 0.3) is 0 Å². The van der Waals surface area contributed by atoms with Gasteiger partial charge in [-0.15, -0.1) is 12.4 Å². The van der Waals surface area contributed by atoms with Gasteiger partial charge in [-0.05, 0) is 36.6 Å². The summed E-state index contributed by atoms with van der Waals surface area (Å²) in [4.78, 5) is 24.1. The third kappa shape index (κ3) is 3.83. The predicted octanol–water partition coefficient (Wildman–Crippen LogP) is 2.65. The molecule has 0 spiro atoms. The van der Waals surface area contributed by atoms with Crippen molar-refractivity contribution in [2.75, 3.05) is 5.32 Å². The van der Waals surface area contributed by atoms with Crippen molar-refractivity contribution >= 4 is 29.9 Å². The monoisotopic (exact) mass is 359 g/mol. The normalized spacial score (nSPS) is 16.0. The lowest BCUT2D eigenvalue weighted by atomic mass is 9.91. The Labute approximate surface area is 153 Å². The molecule has 4 N–H and O–H groups in total. The second-order valence-electron chi connectivity index (χ2n) is 6.41. The second kappa shape index (κ2) is 7.25. The predicted molar refractivity (Wildman–Crippen MR) is 101 cm³/mol. The number of hydrogen-bond acceptors (Lipinski definition) is 3. The fourth-order valence-electron chi connectivity index (χ4n) is 2.86. The summed E-state index contributed by atoms with van der Waals surface area (Å²) >= 11 is 0. The Bertz CT molecular complexity index is 791. The van der Waals surface area contributed by atoms with Gasteiger partial charge < -0.3 is 16.4 Å². The van der Waals surface area contributed by atoms with Gasteiger partial charge in [0.05, 0.1) is 12.5 Å². The Morgan fingerprint density at radius 2 is 1.92 bits per heavy atom. The van der Waals surface area contributed by atoms with Gasteiger partial charge in [-0.2, -0.15) is 0 Å². The van der Waals surface area contributed by atoms with E-state index in [1.807, 2.05) is 55.5 Å². The maximum absolute atomic E-state index is 12.6. The molecule has 25 heavy (non-hydrogen) atoms. The van der Waals surface area contributed by atoms with Gasteiger partial charge in [0, 0.05) is 5.69 Å². The van der Waals surface area contributed by atoms with Crippen LogP contribution in [0.2, 0.25) is 0 Å². The molecule has 2 aromatic carbocycles. The van der Waals surface area contributed by atoms with Gasteiger partial charge in [0.2, 0.25) is 11.8 Å². The van der Waals surface area contributed by atoms with Gasteiger partial charge in [0.15, 0.2) is 0 Å². The Kier molecular flexibility index (Phi) is 5.50. The van der Waals surface area contributed by atoms with Crippen LogP contribution in [0.15, 0.2) is 48.5 Å². The van der Waals surface area contributed by atoms with E-state index in [4.69, 9.17) is 5.73 Å². The van der Waals surface area contributed by atoms with Gasteiger partial charge in [-0.25, -0.2) is 0 Å². The van der Waals surface area contributed by atoms with Crippen LogP contribution in [-0.2, 0) is 21.5 Å². The second-order valence-corrected chi connectivity index (χ2v) is 6.41. The highest BCUT2D eigenvalue weighted by molar-refractivity contribution is 5.99. The molecule has 6 heteroatoms. The summed E-state index contributed by atoms with van der Waals surface area (Å²) in [6.07, 6.45) is 0.377. The smallest absolute Gasteiger partial charge is 0.244 e. The molecule has 0 saturated heterocycles. The Morgan fingerprint density at radius 1 is 1.24 bits per heavy atom. The number of fused-ring (bicyclic) bond motifs is 1. The first-order chi connectivity index (χ1) is 11.4. The number of hydrogen-bond donors (Lipinski definition) is 3. The van der Waals surface area contributed by atoms with Crippen LogP contribution in [-0.4, -0.2) is 11.8 Å². The molecule has 3 rings (SSSR count). The van der Waals surface area contributed by atoms with Crippen molar-refractivity contribution in [3.63, 3.8) is 0 Å². The fraction of sp³-hybridized carbons (Fsp3) is 0.263. The van der Waals surface area contributed by atoms with Crippen molar-refractivity contribution in [2.45, 2.75) is 31.8 Å². The molecular formula is C19H22ClN3O2. The van der Waals surface area contributed by atoms with Crippen LogP contribution in [0.25, 0.3) is 0 Å². The number of nitrogens with one attached hydrogen (secondary N) is 2. The van der Waals surface area contributed by atoms with Gasteiger partial charge in [0.1, 0.15) is 5.54 Å². The molecule has 132 valence electrons. The number of carbonyl (C=O) groups is 2. The summed E-state index contributed by atoms with van der Waals surface area (Å²) in [6, 6.07) is 14.8. The van der Waals surface area contributed by atoms with Crippen LogP contribution in [0.5, 0.6) is 0 Å². The first-order valence-corrected chi connectivity index (χ1v) is 7.96. The van der Waals surface area contributed by atoms with Crippen LogP contribution in [0.4, 0.5) is 5.69 Å². The van der Waals surface area contributed by atoms with Crippen LogP contribution < -0.4 is 16.4 Å². The van der Waals surface area contributed by atoms with Crippen LogP contribution in [0.1, 0.15) is 36.6 Å². The SMILES string of the molecule is CC(NC(=O)C(C)(N)c1ccccc1)c1ccc2c(c1)CC(=O)N2.Cl. The highest BCUT2D eigenvalue weighted by Crippen LogP contribution is 2.27.